The number of anilines is 3. The van der Waals surface area contributed by atoms with E-state index in [0.29, 0.717) is 60.7 Å². The Kier molecular flexibility index (Phi) is 6.16. The van der Waals surface area contributed by atoms with E-state index in [1.807, 2.05) is 30.6 Å². The molecule has 9 nitrogen and oxygen atoms in total. The first kappa shape index (κ1) is 23.6. The van der Waals surface area contributed by atoms with E-state index in [4.69, 9.17) is 15.2 Å². The third-order valence-electron chi connectivity index (χ3n) is 6.88. The number of morpholine rings is 1. The number of fused-ring (bicyclic) bond motifs is 1. The largest absolute Gasteiger partial charge is 0.444 e. The minimum Gasteiger partial charge on any atom is -0.444 e. The highest BCUT2D eigenvalue weighted by atomic mass is 19.1. The molecule has 4 heterocycles. The van der Waals surface area contributed by atoms with Gasteiger partial charge in [-0.15, -0.1) is 0 Å². The maximum absolute atomic E-state index is 15.3. The number of halogens is 1. The number of nitrogen functional groups attached to an aromatic ring is 1. The van der Waals surface area contributed by atoms with Gasteiger partial charge >= 0.3 is 6.09 Å². The quantitative estimate of drug-likeness (QED) is 0.664. The normalized spacial score (nSPS) is 22.5. The van der Waals surface area contributed by atoms with Gasteiger partial charge in [-0.05, 0) is 39.3 Å². The third-order valence-corrected chi connectivity index (χ3v) is 6.88. The fourth-order valence-electron chi connectivity index (χ4n) is 5.17. The highest BCUT2D eigenvalue weighted by Gasteiger charge is 2.45. The van der Waals surface area contributed by atoms with E-state index < -0.39 is 5.60 Å². The number of hydrogen-bond donors (Lipinski definition) is 1. The van der Waals surface area contributed by atoms with Crippen LogP contribution in [0.4, 0.5) is 26.5 Å². The number of likely N-dealkylation sites (tertiary alicyclic amines) is 1. The predicted octanol–water partition coefficient (Wildman–Crippen LogP) is 3.15. The number of hydrogen-bond acceptors (Lipinski definition) is 8. The van der Waals surface area contributed by atoms with Gasteiger partial charge in [0.05, 0.1) is 30.6 Å². The van der Waals surface area contributed by atoms with Gasteiger partial charge in [-0.1, -0.05) is 0 Å². The van der Waals surface area contributed by atoms with E-state index in [1.54, 1.807) is 18.5 Å². The van der Waals surface area contributed by atoms with Gasteiger partial charge in [0.1, 0.15) is 11.4 Å². The summed E-state index contributed by atoms with van der Waals surface area (Å²) in [6, 6.07) is 3.17. The Labute approximate surface area is 205 Å². The van der Waals surface area contributed by atoms with Crippen molar-refractivity contribution in [3.05, 3.63) is 30.3 Å². The molecule has 3 fully saturated rings. The molecule has 2 aromatic rings. The number of rotatable bonds is 3. The zero-order valence-electron chi connectivity index (χ0n) is 20.5. The summed E-state index contributed by atoms with van der Waals surface area (Å²) < 4.78 is 26.2. The van der Waals surface area contributed by atoms with E-state index in [9.17, 15) is 4.79 Å². The van der Waals surface area contributed by atoms with E-state index >= 15 is 4.39 Å². The maximum atomic E-state index is 15.3. The van der Waals surface area contributed by atoms with Crippen molar-refractivity contribution in [1.29, 1.82) is 0 Å². The fourth-order valence-corrected chi connectivity index (χ4v) is 5.17. The number of carbonyl (C=O) groups excluding carboxylic acids is 1. The van der Waals surface area contributed by atoms with Crippen LogP contribution in [0.3, 0.4) is 0 Å². The summed E-state index contributed by atoms with van der Waals surface area (Å²) >= 11 is 0. The molecule has 2 atom stereocenters. The summed E-state index contributed by atoms with van der Waals surface area (Å²) in [4.78, 5) is 27.5. The van der Waals surface area contributed by atoms with Crippen LogP contribution in [0.15, 0.2) is 24.5 Å². The number of nitrogens with two attached hydrogens (primary N) is 1. The Morgan fingerprint density at radius 2 is 1.83 bits per heavy atom. The third kappa shape index (κ3) is 4.84. The van der Waals surface area contributed by atoms with Gasteiger partial charge in [-0.25, -0.2) is 19.2 Å². The van der Waals surface area contributed by atoms with E-state index in [-0.39, 0.29) is 18.0 Å². The minimum absolute atomic E-state index is 0.0353. The lowest BCUT2D eigenvalue weighted by atomic mass is 10.1. The lowest BCUT2D eigenvalue weighted by Gasteiger charge is -2.29. The Balaban J connectivity index is 1.31. The molecule has 0 bridgehead atoms. The minimum atomic E-state index is -0.541. The number of ether oxygens (including phenoxy) is 2. The molecule has 0 aliphatic carbocycles. The second-order valence-electron chi connectivity index (χ2n) is 10.5. The van der Waals surface area contributed by atoms with Crippen molar-refractivity contribution in [2.75, 3.05) is 61.5 Å². The maximum Gasteiger partial charge on any atom is 0.410 e. The molecule has 2 N–H and O–H groups in total. The molecule has 188 valence electrons. The molecule has 10 heteroatoms. The average molecular weight is 485 g/mol. The molecule has 3 aliphatic heterocycles. The molecule has 1 aromatic heterocycles. The van der Waals surface area contributed by atoms with Crippen LogP contribution in [0.2, 0.25) is 0 Å². The number of aromatic nitrogens is 2. The van der Waals surface area contributed by atoms with Gasteiger partial charge in [0, 0.05) is 62.2 Å². The second kappa shape index (κ2) is 9.14. The molecule has 35 heavy (non-hydrogen) atoms. The molecule has 3 aliphatic rings. The van der Waals surface area contributed by atoms with Crippen molar-refractivity contribution < 1.29 is 18.7 Å². The zero-order chi connectivity index (χ0) is 24.7. The Morgan fingerprint density at radius 3 is 2.51 bits per heavy atom. The molecular formula is C25H33FN6O3. The summed E-state index contributed by atoms with van der Waals surface area (Å²) in [5.74, 6) is 0.545. The molecule has 0 spiro atoms. The van der Waals surface area contributed by atoms with Crippen molar-refractivity contribution >= 4 is 23.4 Å². The van der Waals surface area contributed by atoms with Crippen LogP contribution in [0.5, 0.6) is 0 Å². The van der Waals surface area contributed by atoms with Crippen LogP contribution in [-0.2, 0) is 9.47 Å². The lowest BCUT2D eigenvalue weighted by molar-refractivity contribution is 0.0229. The van der Waals surface area contributed by atoms with Crippen LogP contribution in [0, 0.1) is 11.7 Å². The molecular weight excluding hydrogens is 451 g/mol. The first-order chi connectivity index (χ1) is 16.7. The number of amides is 1. The summed E-state index contributed by atoms with van der Waals surface area (Å²) in [6.45, 7) is 10.4. The first-order valence-electron chi connectivity index (χ1n) is 12.2. The Bertz CT molecular complexity index is 1080. The zero-order valence-corrected chi connectivity index (χ0v) is 20.5. The molecule has 1 aromatic carbocycles. The monoisotopic (exact) mass is 484 g/mol. The van der Waals surface area contributed by atoms with Crippen LogP contribution in [0.25, 0.3) is 11.1 Å². The smallest absolute Gasteiger partial charge is 0.410 e. The molecule has 0 unspecified atom stereocenters. The van der Waals surface area contributed by atoms with Crippen LogP contribution in [0.1, 0.15) is 27.2 Å². The van der Waals surface area contributed by atoms with Gasteiger partial charge in [0.15, 0.2) is 0 Å². The average Bonchev–Trinajstić information content (AvgIpc) is 3.41. The Hall–Kier alpha value is -3.14. The number of nitrogens with zero attached hydrogens (tertiary/aromatic N) is 5. The van der Waals surface area contributed by atoms with Crippen molar-refractivity contribution in [3.8, 4) is 11.1 Å². The summed E-state index contributed by atoms with van der Waals surface area (Å²) in [5.41, 5.74) is 7.95. The van der Waals surface area contributed by atoms with Gasteiger partial charge in [-0.2, -0.15) is 0 Å². The summed E-state index contributed by atoms with van der Waals surface area (Å²) in [6.07, 6.45) is 3.87. The highest BCUT2D eigenvalue weighted by molar-refractivity contribution is 5.77. The first-order valence-corrected chi connectivity index (χ1v) is 12.2. The van der Waals surface area contributed by atoms with Crippen molar-refractivity contribution in [1.82, 2.24) is 14.9 Å². The molecule has 5 rings (SSSR count). The fraction of sp³-hybridized carbons (Fsp3) is 0.560. The van der Waals surface area contributed by atoms with Crippen molar-refractivity contribution in [3.63, 3.8) is 0 Å². The topological polar surface area (TPSA) is 97.0 Å². The van der Waals surface area contributed by atoms with Crippen LogP contribution in [-0.4, -0.2) is 78.5 Å². The molecule has 0 radical (unpaired) electrons. The number of benzene rings is 1. The summed E-state index contributed by atoms with van der Waals surface area (Å²) in [7, 11) is 0. The van der Waals surface area contributed by atoms with Gasteiger partial charge in [0.25, 0.3) is 0 Å². The van der Waals surface area contributed by atoms with Gasteiger partial charge in [-0.3, -0.25) is 0 Å². The van der Waals surface area contributed by atoms with E-state index in [0.717, 1.165) is 26.1 Å². The second-order valence-corrected chi connectivity index (χ2v) is 10.5. The van der Waals surface area contributed by atoms with Crippen LogP contribution >= 0.6 is 0 Å². The summed E-state index contributed by atoms with van der Waals surface area (Å²) in [5, 5.41) is 0. The molecule has 0 saturated carbocycles. The molecule has 3 saturated heterocycles. The van der Waals surface area contributed by atoms with Gasteiger partial charge < -0.3 is 29.9 Å². The predicted molar refractivity (Wildman–Crippen MR) is 132 cm³/mol. The van der Waals surface area contributed by atoms with Crippen molar-refractivity contribution in [2.45, 2.75) is 38.8 Å². The van der Waals surface area contributed by atoms with Crippen LogP contribution < -0.4 is 15.5 Å². The highest BCUT2D eigenvalue weighted by Crippen LogP contribution is 2.39. The van der Waals surface area contributed by atoms with E-state index in [2.05, 4.69) is 14.9 Å². The molecule has 1 amide bonds. The standard InChI is InChI=1S/C25H33FN6O3/c1-25(2,3)35-24(33)32-5-4-16-14-31(15-22(16)32)21-11-19(26)18(10-20(21)27)17-12-28-23(29-13-17)30-6-8-34-9-7-30/h10-13,16,22H,4-9,14-15,27H2,1-3H3/t16-,22+/m0/s1. The van der Waals surface area contributed by atoms with Crippen molar-refractivity contribution in [2.24, 2.45) is 5.92 Å². The van der Waals surface area contributed by atoms with E-state index in [1.165, 1.54) is 6.07 Å². The van der Waals surface area contributed by atoms with Gasteiger partial charge in [0.2, 0.25) is 5.95 Å². The SMILES string of the molecule is CC(C)(C)OC(=O)N1CC[C@H]2CN(c3cc(F)c(-c4cnc(N5CCOCC5)nc4)cc3N)C[C@H]21. The lowest BCUT2D eigenvalue weighted by Crippen LogP contribution is -2.42. The Morgan fingerprint density at radius 1 is 1.11 bits per heavy atom. The number of carbonyl (C=O) groups is 1.